The number of rotatable bonds is 6. The fourth-order valence-electron chi connectivity index (χ4n) is 1.88. The Morgan fingerprint density at radius 2 is 1.90 bits per heavy atom. The summed E-state index contributed by atoms with van der Waals surface area (Å²) in [5.74, 6) is 1.88. The molecule has 0 radical (unpaired) electrons. The van der Waals surface area contributed by atoms with E-state index < -0.39 is 0 Å². The third kappa shape index (κ3) is 3.96. The van der Waals surface area contributed by atoms with E-state index in [4.69, 9.17) is 14.7 Å². The van der Waals surface area contributed by atoms with E-state index >= 15 is 0 Å². The van der Waals surface area contributed by atoms with Crippen molar-refractivity contribution < 1.29 is 9.47 Å². The van der Waals surface area contributed by atoms with Gasteiger partial charge in [-0.2, -0.15) is 5.26 Å². The molecule has 0 N–H and O–H groups in total. The molecule has 0 fully saturated rings. The molecule has 0 saturated carbocycles. The summed E-state index contributed by atoms with van der Waals surface area (Å²) in [5, 5.41) is 10.1. The van der Waals surface area contributed by atoms with Crippen molar-refractivity contribution in [2.75, 3.05) is 13.7 Å². The number of hydrogen-bond donors (Lipinski definition) is 0. The van der Waals surface area contributed by atoms with Crippen LogP contribution in [0.2, 0.25) is 0 Å². The number of ether oxygens (including phenoxy) is 2. The van der Waals surface area contributed by atoms with Crippen molar-refractivity contribution in [3.8, 4) is 17.6 Å². The van der Waals surface area contributed by atoms with E-state index in [1.54, 1.807) is 7.11 Å². The van der Waals surface area contributed by atoms with Gasteiger partial charge in [-0.05, 0) is 30.2 Å². The van der Waals surface area contributed by atoms with Gasteiger partial charge in [-0.1, -0.05) is 13.8 Å². The maximum Gasteiger partial charge on any atom is 0.128 e. The zero-order valence-corrected chi connectivity index (χ0v) is 13.2. The van der Waals surface area contributed by atoms with Crippen LogP contribution in [0.1, 0.15) is 35.3 Å². The number of thiazole rings is 1. The maximum absolute atomic E-state index is 9.11. The minimum atomic E-state index is 0.271. The minimum absolute atomic E-state index is 0.271. The van der Waals surface area contributed by atoms with Crippen LogP contribution in [0.25, 0.3) is 0 Å². The lowest BCUT2D eigenvalue weighted by Gasteiger charge is -2.05. The number of nitriles is 1. The molecule has 0 amide bonds. The zero-order chi connectivity index (χ0) is 15.2. The van der Waals surface area contributed by atoms with Gasteiger partial charge in [0.15, 0.2) is 0 Å². The molecule has 1 aromatic carbocycles. The predicted molar refractivity (Wildman–Crippen MR) is 83.1 cm³/mol. The van der Waals surface area contributed by atoms with Crippen molar-refractivity contribution in [2.24, 2.45) is 0 Å². The first kappa shape index (κ1) is 15.3. The first-order valence-corrected chi connectivity index (χ1v) is 7.62. The molecule has 110 valence electrons. The molecule has 0 aliphatic carbocycles. The van der Waals surface area contributed by atoms with Gasteiger partial charge in [0.25, 0.3) is 0 Å². The van der Waals surface area contributed by atoms with Crippen molar-refractivity contribution in [2.45, 2.75) is 26.2 Å². The number of nitrogens with zero attached hydrogens (tertiary/aromatic N) is 2. The van der Waals surface area contributed by atoms with Crippen LogP contribution in [0.5, 0.6) is 11.5 Å². The summed E-state index contributed by atoms with van der Waals surface area (Å²) in [6, 6.07) is 9.70. The lowest BCUT2D eigenvalue weighted by Crippen LogP contribution is -2.01. The van der Waals surface area contributed by atoms with Crippen molar-refractivity contribution in [3.05, 3.63) is 39.8 Å². The average molecular weight is 302 g/mol. The first-order chi connectivity index (χ1) is 10.1. The molecule has 21 heavy (non-hydrogen) atoms. The summed E-state index contributed by atoms with van der Waals surface area (Å²) < 4.78 is 10.8. The van der Waals surface area contributed by atoms with E-state index in [0.29, 0.717) is 17.9 Å². The maximum atomic E-state index is 9.11. The molecular weight excluding hydrogens is 284 g/mol. The molecule has 1 aromatic heterocycles. The van der Waals surface area contributed by atoms with Gasteiger partial charge in [-0.25, -0.2) is 4.98 Å². The molecular formula is C16H18N2O2S. The first-order valence-electron chi connectivity index (χ1n) is 6.80. The van der Waals surface area contributed by atoms with Gasteiger partial charge >= 0.3 is 0 Å². The smallest absolute Gasteiger partial charge is 0.128 e. The van der Waals surface area contributed by atoms with Crippen molar-refractivity contribution >= 4 is 11.3 Å². The molecule has 4 nitrogen and oxygen atoms in total. The molecule has 0 unspecified atom stereocenters. The van der Waals surface area contributed by atoms with Crippen LogP contribution in [0.4, 0.5) is 0 Å². The van der Waals surface area contributed by atoms with Gasteiger partial charge in [0.1, 0.15) is 22.4 Å². The Morgan fingerprint density at radius 1 is 1.24 bits per heavy atom. The fraction of sp³-hybridized carbons (Fsp3) is 0.375. The minimum Gasteiger partial charge on any atom is -0.497 e. The average Bonchev–Trinajstić information content (AvgIpc) is 2.91. The fourth-order valence-corrected chi connectivity index (χ4v) is 2.88. The van der Waals surface area contributed by atoms with Gasteiger partial charge in [0, 0.05) is 6.42 Å². The van der Waals surface area contributed by atoms with Gasteiger partial charge in [0.05, 0.1) is 24.4 Å². The number of hydrogen-bond acceptors (Lipinski definition) is 5. The van der Waals surface area contributed by atoms with Gasteiger partial charge in [0.2, 0.25) is 0 Å². The lowest BCUT2D eigenvalue weighted by molar-refractivity contribution is 0.320. The molecule has 0 bridgehead atoms. The van der Waals surface area contributed by atoms with Gasteiger partial charge < -0.3 is 9.47 Å². The number of aromatic nitrogens is 1. The van der Waals surface area contributed by atoms with E-state index in [1.165, 1.54) is 11.3 Å². The van der Waals surface area contributed by atoms with Crippen LogP contribution in [-0.2, 0) is 6.42 Å². The van der Waals surface area contributed by atoms with Crippen molar-refractivity contribution in [1.82, 2.24) is 4.98 Å². The zero-order valence-electron chi connectivity index (χ0n) is 12.4. The molecule has 0 aliphatic heterocycles. The van der Waals surface area contributed by atoms with Crippen LogP contribution < -0.4 is 9.47 Å². The van der Waals surface area contributed by atoms with E-state index in [1.807, 2.05) is 38.1 Å². The summed E-state index contributed by atoms with van der Waals surface area (Å²) in [6.07, 6.45) is 0.706. The third-order valence-electron chi connectivity index (χ3n) is 2.99. The monoisotopic (exact) mass is 302 g/mol. The predicted octanol–water partition coefficient (Wildman–Crippen LogP) is 3.77. The quantitative estimate of drug-likeness (QED) is 0.815. The van der Waals surface area contributed by atoms with Crippen LogP contribution >= 0.6 is 11.3 Å². The number of methoxy groups -OCH3 is 1. The summed E-state index contributed by atoms with van der Waals surface area (Å²) in [7, 11) is 1.64. The normalized spacial score (nSPS) is 10.4. The van der Waals surface area contributed by atoms with Gasteiger partial charge in [-0.15, -0.1) is 11.3 Å². The molecule has 2 aromatic rings. The lowest BCUT2D eigenvalue weighted by atomic mass is 10.1. The standard InChI is InChI=1S/C16H18N2O2S/c1-11(2)16-14(10-17)21-15(18-16)8-9-20-13-6-4-12(19-3)5-7-13/h4-7,11H,8-9H2,1-3H3. The summed E-state index contributed by atoms with van der Waals surface area (Å²) >= 11 is 1.46. The van der Waals surface area contributed by atoms with Crippen LogP contribution in [0.15, 0.2) is 24.3 Å². The molecule has 0 atom stereocenters. The SMILES string of the molecule is COc1ccc(OCCc2nc(C(C)C)c(C#N)s2)cc1. The Kier molecular flexibility index (Phi) is 5.18. The largest absolute Gasteiger partial charge is 0.497 e. The second-order valence-electron chi connectivity index (χ2n) is 4.86. The molecule has 0 aliphatic rings. The summed E-state index contributed by atoms with van der Waals surface area (Å²) in [5.41, 5.74) is 0.891. The van der Waals surface area contributed by atoms with E-state index in [9.17, 15) is 0 Å². The van der Waals surface area contributed by atoms with Crippen LogP contribution in [0, 0.1) is 11.3 Å². The van der Waals surface area contributed by atoms with Crippen molar-refractivity contribution in [1.29, 1.82) is 5.26 Å². The van der Waals surface area contributed by atoms with E-state index in [2.05, 4.69) is 11.1 Å². The Bertz CT molecular complexity index is 627. The Morgan fingerprint density at radius 3 is 2.43 bits per heavy atom. The highest BCUT2D eigenvalue weighted by molar-refractivity contribution is 7.12. The van der Waals surface area contributed by atoms with Crippen LogP contribution in [-0.4, -0.2) is 18.7 Å². The highest BCUT2D eigenvalue weighted by Gasteiger charge is 2.13. The second-order valence-corrected chi connectivity index (χ2v) is 5.95. The highest BCUT2D eigenvalue weighted by atomic mass is 32.1. The van der Waals surface area contributed by atoms with Crippen LogP contribution in [0.3, 0.4) is 0 Å². The molecule has 0 saturated heterocycles. The number of benzene rings is 1. The third-order valence-corrected chi connectivity index (χ3v) is 4.03. The highest BCUT2D eigenvalue weighted by Crippen LogP contribution is 2.25. The van der Waals surface area contributed by atoms with E-state index in [0.717, 1.165) is 22.2 Å². The summed E-state index contributed by atoms with van der Waals surface area (Å²) in [6.45, 7) is 4.64. The molecule has 2 rings (SSSR count). The molecule has 0 spiro atoms. The van der Waals surface area contributed by atoms with Gasteiger partial charge in [-0.3, -0.25) is 0 Å². The van der Waals surface area contributed by atoms with Crippen molar-refractivity contribution in [3.63, 3.8) is 0 Å². The Balaban J connectivity index is 1.92. The Hall–Kier alpha value is -2.06. The summed E-state index contributed by atoms with van der Waals surface area (Å²) in [4.78, 5) is 5.25. The Labute approximate surface area is 129 Å². The van der Waals surface area contributed by atoms with E-state index in [-0.39, 0.29) is 5.92 Å². The second kappa shape index (κ2) is 7.09. The topological polar surface area (TPSA) is 55.1 Å². The molecule has 1 heterocycles. The molecule has 5 heteroatoms.